The zero-order valence-corrected chi connectivity index (χ0v) is 32.9. The fourth-order valence-corrected chi connectivity index (χ4v) is 14.3. The number of hydrogen-bond acceptors (Lipinski definition) is 7. The number of Topliss-reactive ketones (excluding diaryl/α,β-unsaturated/α-hetero) is 1. The van der Waals surface area contributed by atoms with E-state index in [0.717, 1.165) is 39.9 Å². The highest BCUT2D eigenvalue weighted by Gasteiger charge is 2.74. The van der Waals surface area contributed by atoms with Crippen LogP contribution in [-0.2, 0) is 22.7 Å². The van der Waals surface area contributed by atoms with E-state index in [1.54, 1.807) is 11.4 Å². The molecule has 0 radical (unpaired) electrons. The van der Waals surface area contributed by atoms with Crippen molar-refractivity contribution in [3.8, 4) is 5.75 Å². The Morgan fingerprint density at radius 3 is 2.26 bits per heavy atom. The first kappa shape index (κ1) is 40.3. The Balaban J connectivity index is 1.20. The number of hydrogen-bond donors (Lipinski definition) is 2. The summed E-state index contributed by atoms with van der Waals surface area (Å²) in [6, 6.07) is 12.3. The molecular formula is C42H43F6NO6S2. The van der Waals surface area contributed by atoms with Gasteiger partial charge in [0.1, 0.15) is 9.96 Å². The Kier molecular flexibility index (Phi) is 9.37. The molecule has 7 nitrogen and oxygen atoms in total. The van der Waals surface area contributed by atoms with Crippen LogP contribution in [0.1, 0.15) is 80.3 Å². The Labute approximate surface area is 331 Å². The molecule has 3 fully saturated rings. The number of aliphatic hydroxyl groups is 2. The highest BCUT2D eigenvalue weighted by molar-refractivity contribution is 7.91. The molecule has 0 saturated heterocycles. The summed E-state index contributed by atoms with van der Waals surface area (Å²) in [6.07, 6.45) is -1.16. The van der Waals surface area contributed by atoms with Gasteiger partial charge in [0, 0.05) is 40.5 Å². The average Bonchev–Trinajstić information content (AvgIpc) is 3.78. The molecule has 0 amide bonds. The van der Waals surface area contributed by atoms with Crippen molar-refractivity contribution < 1.29 is 54.5 Å². The van der Waals surface area contributed by atoms with Gasteiger partial charge in [0.2, 0.25) is 0 Å². The molecule has 1 heterocycles. The highest BCUT2D eigenvalue weighted by Crippen LogP contribution is 2.78. The normalized spacial score (nSPS) is 34.7. The number of carbonyl (C=O) groups is 1. The number of halogens is 6. The van der Waals surface area contributed by atoms with Crippen LogP contribution in [0.4, 0.5) is 26.3 Å². The van der Waals surface area contributed by atoms with Crippen LogP contribution in [0.15, 0.2) is 94.1 Å². The molecule has 8 atom stereocenters. The SMILES string of the molecule is C[C@]12CC[C@H]3[C@]4(C=C[C@@]5(C=C4C(=O)c4cccc(C(F)(F)F)c4)CC(O)CC[C@]35C)[C@@H]1CC[C@@]2(O)CN(Cc1ccc(OC(F)(F)F)cc1)S(=O)(=O)c1cccs1. The topological polar surface area (TPSA) is 104 Å². The number of nitrogens with zero attached hydrogens (tertiary/aromatic N) is 1. The minimum absolute atomic E-state index is 0.0216. The van der Waals surface area contributed by atoms with Gasteiger partial charge in [-0.1, -0.05) is 62.4 Å². The van der Waals surface area contributed by atoms with Crippen molar-refractivity contribution >= 4 is 27.1 Å². The van der Waals surface area contributed by atoms with Gasteiger partial charge in [-0.3, -0.25) is 4.79 Å². The summed E-state index contributed by atoms with van der Waals surface area (Å²) < 4.78 is 114. The molecule has 2 N–H and O–H groups in total. The minimum Gasteiger partial charge on any atom is -0.406 e. The van der Waals surface area contributed by atoms with Gasteiger partial charge >= 0.3 is 12.5 Å². The second-order valence-electron chi connectivity index (χ2n) is 17.1. The van der Waals surface area contributed by atoms with Crippen molar-refractivity contribution in [1.29, 1.82) is 0 Å². The fourth-order valence-electron chi connectivity index (χ4n) is 11.6. The number of ether oxygens (including phenoxy) is 1. The number of aliphatic hydroxyl groups excluding tert-OH is 1. The predicted octanol–water partition coefficient (Wildman–Crippen LogP) is 9.33. The number of sulfonamides is 1. The fraction of sp³-hybridized carbons (Fsp3) is 0.500. The molecule has 2 bridgehead atoms. The van der Waals surface area contributed by atoms with Crippen LogP contribution in [0.5, 0.6) is 5.75 Å². The quantitative estimate of drug-likeness (QED) is 0.127. The van der Waals surface area contributed by atoms with E-state index in [-0.39, 0.29) is 35.2 Å². The van der Waals surface area contributed by atoms with Gasteiger partial charge < -0.3 is 14.9 Å². The molecule has 1 unspecified atom stereocenters. The van der Waals surface area contributed by atoms with Gasteiger partial charge in [-0.15, -0.1) is 24.5 Å². The molecule has 306 valence electrons. The Hall–Kier alpha value is -3.50. The van der Waals surface area contributed by atoms with Crippen molar-refractivity contribution in [3.05, 3.63) is 107 Å². The third kappa shape index (κ3) is 6.24. The van der Waals surface area contributed by atoms with Crippen molar-refractivity contribution in [3.63, 3.8) is 0 Å². The lowest BCUT2D eigenvalue weighted by Crippen LogP contribution is -2.67. The number of thiophene rings is 1. The average molecular weight is 836 g/mol. The van der Waals surface area contributed by atoms with E-state index in [4.69, 9.17) is 0 Å². The van der Waals surface area contributed by atoms with Crippen LogP contribution < -0.4 is 4.74 Å². The molecule has 2 aromatic carbocycles. The maximum Gasteiger partial charge on any atom is 0.573 e. The molecule has 3 aromatic rings. The van der Waals surface area contributed by atoms with E-state index in [1.165, 1.54) is 30.3 Å². The van der Waals surface area contributed by atoms with E-state index in [9.17, 15) is 49.8 Å². The summed E-state index contributed by atoms with van der Waals surface area (Å²) in [4.78, 5) is 14.8. The summed E-state index contributed by atoms with van der Waals surface area (Å²) >= 11 is 0.994. The van der Waals surface area contributed by atoms with Gasteiger partial charge in [0.25, 0.3) is 10.0 Å². The molecule has 6 aliphatic carbocycles. The van der Waals surface area contributed by atoms with Crippen LogP contribution >= 0.6 is 11.3 Å². The molecule has 57 heavy (non-hydrogen) atoms. The summed E-state index contributed by atoms with van der Waals surface area (Å²) in [7, 11) is -4.24. The smallest absolute Gasteiger partial charge is 0.406 e. The van der Waals surface area contributed by atoms with E-state index in [0.29, 0.717) is 49.7 Å². The third-order valence-electron chi connectivity index (χ3n) is 14.5. The maximum atomic E-state index is 14.8. The summed E-state index contributed by atoms with van der Waals surface area (Å²) in [5.74, 6) is -1.61. The number of rotatable bonds is 9. The van der Waals surface area contributed by atoms with Crippen molar-refractivity contribution in [2.75, 3.05) is 6.54 Å². The van der Waals surface area contributed by atoms with E-state index in [1.807, 2.05) is 19.1 Å². The van der Waals surface area contributed by atoms with Gasteiger partial charge in [-0.05, 0) is 103 Å². The maximum absolute atomic E-state index is 14.8. The lowest BCUT2D eigenvalue weighted by atomic mass is 9.32. The number of benzene rings is 2. The number of alkyl halides is 6. The Morgan fingerprint density at radius 1 is 0.912 bits per heavy atom. The lowest BCUT2D eigenvalue weighted by Gasteiger charge is -2.71. The van der Waals surface area contributed by atoms with Gasteiger partial charge in [-0.2, -0.15) is 17.5 Å². The van der Waals surface area contributed by atoms with E-state index in [2.05, 4.69) is 17.7 Å². The number of allylic oxidation sites excluding steroid dienone is 4. The Morgan fingerprint density at radius 2 is 1.60 bits per heavy atom. The number of carbonyl (C=O) groups excluding carboxylic acids is 1. The van der Waals surface area contributed by atoms with Crippen LogP contribution in [0.25, 0.3) is 0 Å². The zero-order chi connectivity index (χ0) is 41.0. The summed E-state index contributed by atoms with van der Waals surface area (Å²) in [5.41, 5.74) is -5.17. The molecule has 9 rings (SSSR count). The molecular weight excluding hydrogens is 793 g/mol. The lowest BCUT2D eigenvalue weighted by molar-refractivity contribution is -0.274. The van der Waals surface area contributed by atoms with Gasteiger partial charge in [0.05, 0.1) is 17.3 Å². The molecule has 0 aliphatic heterocycles. The summed E-state index contributed by atoms with van der Waals surface area (Å²) in [5, 5.41) is 25.6. The molecule has 15 heteroatoms. The van der Waals surface area contributed by atoms with Gasteiger partial charge in [0.15, 0.2) is 5.78 Å². The second kappa shape index (κ2) is 13.3. The predicted molar refractivity (Wildman–Crippen MR) is 199 cm³/mol. The molecule has 2 spiro atoms. The first-order valence-electron chi connectivity index (χ1n) is 19.0. The standard InChI is InChI=1S/C42H43F6NO6S2/c1-36-15-12-29(50)22-38(36)18-19-40(31(23-38)35(51)27-5-3-6-28(21-27)41(43,44)45)32(36)13-16-37(2)33(40)14-17-39(37,52)25-49(57(53,54)34-7-4-20-56-34)24-26-8-10-30(11-9-26)55-42(46,47)48/h3-11,18-21,23,29,32-33,50,52H,12-17,22,24-25H2,1-2H3/t29?,32-,33-,36-,37+,38+,39-,40-/m1/s1. The second-order valence-corrected chi connectivity index (χ2v) is 20.2. The third-order valence-corrected chi connectivity index (χ3v) is 17.6. The van der Waals surface area contributed by atoms with Crippen LogP contribution in [0, 0.1) is 33.5 Å². The van der Waals surface area contributed by atoms with Crippen LogP contribution in [-0.4, -0.2) is 53.3 Å². The minimum atomic E-state index is -4.91. The van der Waals surface area contributed by atoms with E-state index >= 15 is 0 Å². The van der Waals surface area contributed by atoms with Gasteiger partial charge in [-0.25, -0.2) is 8.42 Å². The van der Waals surface area contributed by atoms with Crippen molar-refractivity contribution in [1.82, 2.24) is 4.31 Å². The highest BCUT2D eigenvalue weighted by atomic mass is 32.2. The van der Waals surface area contributed by atoms with Crippen molar-refractivity contribution in [2.45, 2.75) is 93.8 Å². The summed E-state index contributed by atoms with van der Waals surface area (Å²) in [6.45, 7) is 3.46. The first-order valence-corrected chi connectivity index (χ1v) is 21.3. The van der Waals surface area contributed by atoms with Crippen LogP contribution in [0.2, 0.25) is 0 Å². The molecule has 6 aliphatic rings. The zero-order valence-electron chi connectivity index (χ0n) is 31.2. The number of ketones is 1. The first-order chi connectivity index (χ1) is 26.6. The van der Waals surface area contributed by atoms with Crippen molar-refractivity contribution in [2.24, 2.45) is 33.5 Å². The monoisotopic (exact) mass is 835 g/mol. The Bertz CT molecular complexity index is 2240. The molecule has 1 aromatic heterocycles. The number of fused-ring (bicyclic) bond motifs is 1. The van der Waals surface area contributed by atoms with E-state index < -0.39 is 78.9 Å². The van der Waals surface area contributed by atoms with Crippen LogP contribution in [0.3, 0.4) is 0 Å². The molecule has 3 saturated carbocycles. The largest absolute Gasteiger partial charge is 0.573 e.